The maximum Gasteiger partial charge on any atom is 0.282 e. The van der Waals surface area contributed by atoms with Gasteiger partial charge in [-0.3, -0.25) is 0 Å². The van der Waals surface area contributed by atoms with Crippen LogP contribution in [-0.4, -0.2) is 178 Å². The van der Waals surface area contributed by atoms with Crippen LogP contribution in [0, 0.1) is 17.5 Å². The SMILES string of the molecule is CCOc1cc2ncnc(Nc3ccc(F)c(Cl)c3)c2cc1OC1CCN(S(C)(=O)=O)CC1.CCS(=O)(=O)N[C@H]1CC[C@H](Oc2cc3c(Nc4ccc(F)c(Cl)c4)ncnc3cc2OC)CC1.COc1cc2ncnc(Nc3ccc(F)c(Cl)c3)c2cc1O[C@H]1CC[C@@H](N(C)S(=O)(=O)N2CCOCC2)CC1. The highest BCUT2D eigenvalue weighted by molar-refractivity contribution is 7.89. The zero-order valence-electron chi connectivity index (χ0n) is 58.8. The van der Waals surface area contributed by atoms with E-state index >= 15 is 0 Å². The Morgan fingerprint density at radius 1 is 0.500 bits per heavy atom. The number of hydrogen-bond acceptors (Lipinski definition) is 22. The van der Waals surface area contributed by atoms with Gasteiger partial charge in [-0.1, -0.05) is 34.8 Å². The Labute approximate surface area is 628 Å². The molecule has 568 valence electrons. The smallest absolute Gasteiger partial charge is 0.282 e. The summed E-state index contributed by atoms with van der Waals surface area (Å²) in [5, 5.41) is 11.6. The van der Waals surface area contributed by atoms with Crippen molar-refractivity contribution in [3.63, 3.8) is 0 Å². The lowest BCUT2D eigenvalue weighted by Crippen LogP contribution is -2.51. The third-order valence-corrected chi connectivity index (χ3v) is 24.0. The van der Waals surface area contributed by atoms with Gasteiger partial charge in [0.25, 0.3) is 10.2 Å². The summed E-state index contributed by atoms with van der Waals surface area (Å²) in [7, 11) is -5.19. The van der Waals surface area contributed by atoms with Crippen LogP contribution in [0.2, 0.25) is 15.1 Å². The highest BCUT2D eigenvalue weighted by atomic mass is 35.5. The normalized spacial score (nSPS) is 18.4. The van der Waals surface area contributed by atoms with Crippen molar-refractivity contribution in [1.82, 2.24) is 47.5 Å². The van der Waals surface area contributed by atoms with Crippen LogP contribution >= 0.6 is 34.8 Å². The van der Waals surface area contributed by atoms with Crippen LogP contribution < -0.4 is 49.1 Å². The molecule has 2 saturated heterocycles. The standard InChI is InChI=1S/C26H31ClFN5O5S.C23H26ClFN4O4S.C22H24ClFN4O4S/c1-32(39(34,35)33-9-11-37-12-10-33)18-4-6-19(7-5-18)38-25-14-20-23(15-24(25)36-2)29-16-30-26(20)31-17-3-8-22(28)21(27)13-17;1-3-34(30,31)29-14-4-7-16(8-5-14)33-22-11-17-20(12-21(22)32-2)26-13-27-23(17)28-15-6-9-19(25)18(24)10-15;1-3-31-20-12-19-16(11-21(20)32-15-6-8-28(9-7-15)33(2,29)30)22(26-13-25-19)27-14-4-5-18(24)17(23)10-14/h3,8,13-16,18-19H,4-7,9-12H2,1-2H3,(H,29,30,31);6,9-14,16,29H,3-5,7-8H2,1-2H3,(H,26,27,28);4-5,10-13,15H,3,6-9H2,1-2H3,(H,25,26,27)/t18-,19+;14-,16-;. The molecule has 0 amide bonds. The minimum atomic E-state index is -3.53. The van der Waals surface area contributed by atoms with E-state index in [9.17, 15) is 38.4 Å². The van der Waals surface area contributed by atoms with E-state index in [1.807, 2.05) is 19.1 Å². The Morgan fingerprint density at radius 2 is 0.887 bits per heavy atom. The molecular weight excluding hydrogens is 1500 g/mol. The summed E-state index contributed by atoms with van der Waals surface area (Å²) in [6.07, 6.45) is 11.9. The molecule has 26 nitrogen and oxygen atoms in total. The van der Waals surface area contributed by atoms with Crippen molar-refractivity contribution in [3.8, 4) is 34.5 Å². The fraction of sp³-hybridized carbons (Fsp3) is 0.408. The molecule has 106 heavy (non-hydrogen) atoms. The molecule has 35 heteroatoms. The number of aromatic nitrogens is 6. The lowest BCUT2D eigenvalue weighted by molar-refractivity contribution is 0.0679. The Kier molecular flexibility index (Phi) is 26.2. The number of fused-ring (bicyclic) bond motifs is 3. The molecule has 5 heterocycles. The summed E-state index contributed by atoms with van der Waals surface area (Å²) in [4.78, 5) is 26.0. The Bertz CT molecular complexity index is 4950. The lowest BCUT2D eigenvalue weighted by Gasteiger charge is -2.37. The zero-order chi connectivity index (χ0) is 75.5. The average molecular weight is 1580 g/mol. The first-order chi connectivity index (χ1) is 50.8. The number of methoxy groups -OCH3 is 2. The van der Waals surface area contributed by atoms with E-state index in [1.54, 1.807) is 70.7 Å². The second kappa shape index (κ2) is 35.3. The molecule has 3 aromatic heterocycles. The zero-order valence-corrected chi connectivity index (χ0v) is 63.5. The largest absolute Gasteiger partial charge is 0.493 e. The van der Waals surface area contributed by atoms with Gasteiger partial charge in [-0.2, -0.15) is 17.0 Å². The number of nitrogens with zero attached hydrogens (tertiary/aromatic N) is 9. The topological polar surface area (TPSA) is 302 Å². The second-order valence-electron chi connectivity index (χ2n) is 25.4. The number of ether oxygens (including phenoxy) is 7. The van der Waals surface area contributed by atoms with E-state index in [1.165, 1.54) is 74.6 Å². The Balaban J connectivity index is 0.000000159. The van der Waals surface area contributed by atoms with E-state index < -0.39 is 47.7 Å². The van der Waals surface area contributed by atoms with Gasteiger partial charge in [-0.15, -0.1) is 0 Å². The number of piperidine rings is 1. The van der Waals surface area contributed by atoms with Gasteiger partial charge in [-0.05, 0) is 151 Å². The van der Waals surface area contributed by atoms with Crippen molar-refractivity contribution in [2.75, 3.05) is 95.2 Å². The number of sulfonamides is 2. The van der Waals surface area contributed by atoms with Gasteiger partial charge < -0.3 is 49.1 Å². The molecule has 2 aliphatic carbocycles. The monoisotopic (exact) mass is 1580 g/mol. The number of morpholine rings is 1. The summed E-state index contributed by atoms with van der Waals surface area (Å²) < 4.78 is 162. The first kappa shape index (κ1) is 78.9. The van der Waals surface area contributed by atoms with E-state index in [2.05, 4.69) is 50.6 Å². The van der Waals surface area contributed by atoms with E-state index in [0.717, 1.165) is 0 Å². The third-order valence-electron chi connectivity index (χ3n) is 18.4. The fourth-order valence-electron chi connectivity index (χ4n) is 12.6. The van der Waals surface area contributed by atoms with E-state index in [4.69, 9.17) is 68.0 Å². The van der Waals surface area contributed by atoms with Crippen LogP contribution in [0.1, 0.15) is 78.1 Å². The molecule has 0 bridgehead atoms. The molecule has 2 aliphatic heterocycles. The van der Waals surface area contributed by atoms with Gasteiger partial charge in [0.05, 0.1) is 89.9 Å². The van der Waals surface area contributed by atoms with Crippen LogP contribution in [-0.2, 0) is 35.0 Å². The molecule has 0 radical (unpaired) electrons. The highest BCUT2D eigenvalue weighted by Gasteiger charge is 2.36. The number of halogens is 6. The first-order valence-corrected chi connectivity index (χ1v) is 40.3. The summed E-state index contributed by atoms with van der Waals surface area (Å²) in [6.45, 7) is 6.35. The van der Waals surface area contributed by atoms with Crippen molar-refractivity contribution < 1.29 is 71.6 Å². The van der Waals surface area contributed by atoms with Gasteiger partial charge in [0.15, 0.2) is 34.5 Å². The van der Waals surface area contributed by atoms with Crippen molar-refractivity contribution in [2.45, 2.75) is 108 Å². The molecule has 6 aromatic carbocycles. The van der Waals surface area contributed by atoms with Gasteiger partial charge in [0, 0.05) is 96.7 Å². The van der Waals surface area contributed by atoms with Gasteiger partial charge in [0.2, 0.25) is 20.0 Å². The van der Waals surface area contributed by atoms with E-state index in [-0.39, 0.29) is 51.2 Å². The van der Waals surface area contributed by atoms with Crippen LogP contribution in [0.4, 0.5) is 47.7 Å². The summed E-state index contributed by atoms with van der Waals surface area (Å²) >= 11 is 17.7. The van der Waals surface area contributed by atoms with Crippen LogP contribution in [0.25, 0.3) is 32.7 Å². The maximum atomic E-state index is 13.6. The van der Waals surface area contributed by atoms with Crippen molar-refractivity contribution in [2.24, 2.45) is 0 Å². The Morgan fingerprint density at radius 3 is 1.26 bits per heavy atom. The van der Waals surface area contributed by atoms with Crippen LogP contribution in [0.5, 0.6) is 34.5 Å². The Hall–Kier alpha value is -8.15. The molecule has 4 N–H and O–H groups in total. The molecular formula is C71H81Cl3F3N13O13S3. The molecule has 4 fully saturated rings. The van der Waals surface area contributed by atoms with Gasteiger partial charge in [0.1, 0.15) is 60.0 Å². The molecule has 9 aromatic rings. The summed E-state index contributed by atoms with van der Waals surface area (Å²) in [6, 6.07) is 23.6. The minimum Gasteiger partial charge on any atom is -0.493 e. The number of hydrogen-bond donors (Lipinski definition) is 4. The minimum absolute atomic E-state index is 0.00134. The molecule has 4 aliphatic rings. The maximum absolute atomic E-state index is 13.6. The number of anilines is 6. The average Bonchev–Trinajstić information content (AvgIpc) is 0.854. The molecule has 2 saturated carbocycles. The second-order valence-corrected chi connectivity index (χ2v) is 32.6. The molecule has 13 rings (SSSR count). The van der Waals surface area contributed by atoms with Gasteiger partial charge >= 0.3 is 0 Å². The lowest BCUT2D eigenvalue weighted by atomic mass is 9.93. The molecule has 0 unspecified atom stereocenters. The van der Waals surface area contributed by atoms with Gasteiger partial charge in [-0.25, -0.2) is 68.9 Å². The third kappa shape index (κ3) is 20.0. The summed E-state index contributed by atoms with van der Waals surface area (Å²) in [5.74, 6) is 3.31. The number of nitrogens with one attached hydrogen (secondary N) is 4. The number of benzene rings is 6. The van der Waals surface area contributed by atoms with E-state index in [0.29, 0.717) is 212 Å². The van der Waals surface area contributed by atoms with Crippen molar-refractivity contribution >= 4 is 132 Å². The summed E-state index contributed by atoms with van der Waals surface area (Å²) in [5.41, 5.74) is 3.66. The van der Waals surface area contributed by atoms with Crippen molar-refractivity contribution in [1.29, 1.82) is 0 Å². The molecule has 0 atom stereocenters. The quantitative estimate of drug-likeness (QED) is 0.0462. The molecule has 0 spiro atoms. The predicted octanol–water partition coefficient (Wildman–Crippen LogP) is 13.5. The first-order valence-electron chi connectivity index (χ1n) is 34.3. The van der Waals surface area contributed by atoms with Crippen LogP contribution in [0.3, 0.4) is 0 Å². The fourth-order valence-corrected chi connectivity index (χ4v) is 16.5. The van der Waals surface area contributed by atoms with Crippen LogP contribution in [0.15, 0.2) is 110 Å². The predicted molar refractivity (Wildman–Crippen MR) is 402 cm³/mol. The number of rotatable bonds is 23. The highest BCUT2D eigenvalue weighted by Crippen LogP contribution is 2.42. The van der Waals surface area contributed by atoms with Crippen molar-refractivity contribution in [3.05, 3.63) is 142 Å².